The van der Waals surface area contributed by atoms with Crippen LogP contribution in [0.1, 0.15) is 0 Å². The molecule has 4 heteroatoms. The second kappa shape index (κ2) is 10.7. The van der Waals surface area contributed by atoms with Crippen molar-refractivity contribution in [2.24, 2.45) is 0 Å². The van der Waals surface area contributed by atoms with Gasteiger partial charge >= 0.3 is 0 Å². The smallest absolute Gasteiger partial charge is 0.161 e. The summed E-state index contributed by atoms with van der Waals surface area (Å²) in [5, 5.41) is 5.44. The van der Waals surface area contributed by atoms with Crippen LogP contribution in [0.2, 0.25) is 0 Å². The molecule has 0 radical (unpaired) electrons. The third kappa shape index (κ3) is 4.31. The average Bonchev–Trinajstić information content (AvgIpc) is 3.50. The minimum Gasteiger partial charge on any atom is -0.456 e. The van der Waals surface area contributed by atoms with Crippen LogP contribution in [-0.2, 0) is 0 Å². The lowest BCUT2D eigenvalue weighted by atomic mass is 10.0. The van der Waals surface area contributed by atoms with Gasteiger partial charge in [0.05, 0.1) is 16.9 Å². The van der Waals surface area contributed by atoms with E-state index in [-0.39, 0.29) is 0 Å². The number of furan rings is 1. The maximum Gasteiger partial charge on any atom is 0.161 e. The monoisotopic (exact) mass is 589 g/mol. The van der Waals surface area contributed by atoms with Crippen molar-refractivity contribution in [1.82, 2.24) is 9.97 Å². The van der Waals surface area contributed by atoms with Crippen LogP contribution in [0, 0.1) is 0 Å². The highest BCUT2D eigenvalue weighted by Crippen LogP contribution is 2.43. The summed E-state index contributed by atoms with van der Waals surface area (Å²) in [6.07, 6.45) is 0. The zero-order valence-corrected chi connectivity index (χ0v) is 24.8. The van der Waals surface area contributed by atoms with Crippen molar-refractivity contribution in [3.05, 3.63) is 164 Å². The normalized spacial score (nSPS) is 11.5. The third-order valence-corrected chi connectivity index (χ3v) is 8.65. The van der Waals surface area contributed by atoms with E-state index in [9.17, 15) is 0 Å². The van der Waals surface area contributed by atoms with Crippen LogP contribution < -0.4 is 4.90 Å². The summed E-state index contributed by atoms with van der Waals surface area (Å²) < 4.78 is 6.58. The molecule has 0 saturated heterocycles. The van der Waals surface area contributed by atoms with Gasteiger partial charge in [0.15, 0.2) is 5.82 Å². The Morgan fingerprint density at radius 2 is 1.20 bits per heavy atom. The van der Waals surface area contributed by atoms with Crippen molar-refractivity contribution in [2.45, 2.75) is 0 Å². The number of benzene rings is 7. The minimum atomic E-state index is 0.677. The molecule has 2 aromatic heterocycles. The van der Waals surface area contributed by atoms with E-state index in [1.807, 2.05) is 48.5 Å². The predicted molar refractivity (Wildman–Crippen MR) is 190 cm³/mol. The molecule has 2 heterocycles. The Kier molecular flexibility index (Phi) is 6.10. The number of rotatable bonds is 5. The van der Waals surface area contributed by atoms with E-state index in [1.54, 1.807) is 0 Å². The van der Waals surface area contributed by atoms with Gasteiger partial charge in [-0.2, -0.15) is 0 Å². The molecule has 4 nitrogen and oxygen atoms in total. The van der Waals surface area contributed by atoms with E-state index >= 15 is 0 Å². The van der Waals surface area contributed by atoms with Crippen LogP contribution in [0.25, 0.3) is 66.3 Å². The molecule has 0 fully saturated rings. The molecule has 0 amide bonds. The highest BCUT2D eigenvalue weighted by Gasteiger charge is 2.20. The maximum absolute atomic E-state index is 6.58. The molecule has 46 heavy (non-hydrogen) atoms. The lowest BCUT2D eigenvalue weighted by Gasteiger charge is -2.26. The number of para-hydroxylation sites is 2. The van der Waals surface area contributed by atoms with Gasteiger partial charge in [-0.05, 0) is 47.9 Å². The number of nitrogens with zero attached hydrogens (tertiary/aromatic N) is 3. The van der Waals surface area contributed by atoms with E-state index in [1.165, 1.54) is 10.8 Å². The van der Waals surface area contributed by atoms with Crippen LogP contribution in [-0.4, -0.2) is 9.97 Å². The highest BCUT2D eigenvalue weighted by atomic mass is 16.3. The molecule has 0 saturated carbocycles. The first-order chi connectivity index (χ1) is 22.8. The molecule has 0 bridgehead atoms. The molecule has 216 valence electrons. The summed E-state index contributed by atoms with van der Waals surface area (Å²) in [4.78, 5) is 12.5. The Labute approximate surface area is 265 Å². The van der Waals surface area contributed by atoms with Crippen molar-refractivity contribution in [1.29, 1.82) is 0 Å². The van der Waals surface area contributed by atoms with Crippen LogP contribution in [0.5, 0.6) is 0 Å². The van der Waals surface area contributed by atoms with Crippen LogP contribution in [0.3, 0.4) is 0 Å². The largest absolute Gasteiger partial charge is 0.456 e. The van der Waals surface area contributed by atoms with E-state index < -0.39 is 0 Å². The SMILES string of the molecule is c1ccc(-c2nc(-c3cccc4oc5cc(N(c6ccccc6)c6cccc7ccccc67)ccc5c34)nc3ccccc23)cc1. The van der Waals surface area contributed by atoms with E-state index in [0.717, 1.165) is 66.7 Å². The van der Waals surface area contributed by atoms with Gasteiger partial charge < -0.3 is 9.32 Å². The molecule has 0 N–H and O–H groups in total. The number of fused-ring (bicyclic) bond motifs is 5. The predicted octanol–water partition coefficient (Wildman–Crippen LogP) is 11.5. The third-order valence-electron chi connectivity index (χ3n) is 8.65. The molecule has 9 aromatic rings. The van der Waals surface area contributed by atoms with Crippen LogP contribution >= 0.6 is 0 Å². The van der Waals surface area contributed by atoms with Crippen molar-refractivity contribution < 1.29 is 4.42 Å². The molecular weight excluding hydrogens is 562 g/mol. The van der Waals surface area contributed by atoms with Gasteiger partial charge in [0, 0.05) is 50.1 Å². The summed E-state index contributed by atoms with van der Waals surface area (Å²) in [6.45, 7) is 0. The number of hydrogen-bond donors (Lipinski definition) is 0. The summed E-state index contributed by atoms with van der Waals surface area (Å²) in [5.41, 5.74) is 8.65. The van der Waals surface area contributed by atoms with Crippen molar-refractivity contribution in [3.63, 3.8) is 0 Å². The summed E-state index contributed by atoms with van der Waals surface area (Å²) in [6, 6.07) is 56.6. The van der Waals surface area contributed by atoms with Gasteiger partial charge in [-0.3, -0.25) is 0 Å². The first-order valence-corrected chi connectivity index (χ1v) is 15.4. The molecule has 0 aliphatic rings. The molecular formula is C42H27N3O. The average molecular weight is 590 g/mol. The Bertz CT molecular complexity index is 2530. The van der Waals surface area contributed by atoms with Crippen molar-refractivity contribution in [2.75, 3.05) is 4.90 Å². The Hall–Kier alpha value is -6.26. The van der Waals surface area contributed by atoms with Gasteiger partial charge in [0.1, 0.15) is 11.2 Å². The highest BCUT2D eigenvalue weighted by molar-refractivity contribution is 6.13. The summed E-state index contributed by atoms with van der Waals surface area (Å²) in [7, 11) is 0. The molecule has 0 unspecified atom stereocenters. The number of aromatic nitrogens is 2. The lowest BCUT2D eigenvalue weighted by Crippen LogP contribution is -2.10. The second-order valence-corrected chi connectivity index (χ2v) is 11.4. The number of hydrogen-bond acceptors (Lipinski definition) is 4. The standard InChI is InChI=1S/C42H27N3O/c1-3-14-29(15-4-1)41-33-20-9-10-22-36(33)43-42(44-41)35-21-12-24-38-40(35)34-26-25-31(27-39(34)46-38)45(30-17-5-2-6-18-30)37-23-11-16-28-13-7-8-19-32(28)37/h1-27H. The van der Waals surface area contributed by atoms with Gasteiger partial charge in [-0.25, -0.2) is 9.97 Å². The fourth-order valence-electron chi connectivity index (χ4n) is 6.56. The first-order valence-electron chi connectivity index (χ1n) is 15.4. The summed E-state index contributed by atoms with van der Waals surface area (Å²) in [5.74, 6) is 0.677. The van der Waals surface area contributed by atoms with E-state index in [4.69, 9.17) is 14.4 Å². The quantitative estimate of drug-likeness (QED) is 0.200. The Balaban J connectivity index is 1.25. The van der Waals surface area contributed by atoms with Crippen LogP contribution in [0.15, 0.2) is 168 Å². The summed E-state index contributed by atoms with van der Waals surface area (Å²) >= 11 is 0. The fraction of sp³-hybridized carbons (Fsp3) is 0. The molecule has 9 rings (SSSR count). The second-order valence-electron chi connectivity index (χ2n) is 11.4. The van der Waals surface area contributed by atoms with Crippen molar-refractivity contribution >= 4 is 60.7 Å². The molecule has 0 atom stereocenters. The Morgan fingerprint density at radius 3 is 2.07 bits per heavy atom. The van der Waals surface area contributed by atoms with Gasteiger partial charge in [-0.1, -0.05) is 115 Å². The van der Waals surface area contributed by atoms with Crippen LogP contribution in [0.4, 0.5) is 17.1 Å². The lowest BCUT2D eigenvalue weighted by molar-refractivity contribution is 0.669. The maximum atomic E-state index is 6.58. The Morgan fingerprint density at radius 1 is 0.478 bits per heavy atom. The minimum absolute atomic E-state index is 0.677. The van der Waals surface area contributed by atoms with Gasteiger partial charge in [0.25, 0.3) is 0 Å². The zero-order valence-electron chi connectivity index (χ0n) is 24.8. The number of anilines is 3. The fourth-order valence-corrected chi connectivity index (χ4v) is 6.56. The van der Waals surface area contributed by atoms with Crippen molar-refractivity contribution in [3.8, 4) is 22.6 Å². The molecule has 7 aromatic carbocycles. The van der Waals surface area contributed by atoms with E-state index in [2.05, 4.69) is 120 Å². The molecule has 0 aliphatic carbocycles. The van der Waals surface area contributed by atoms with Gasteiger partial charge in [-0.15, -0.1) is 0 Å². The van der Waals surface area contributed by atoms with Gasteiger partial charge in [0.2, 0.25) is 0 Å². The zero-order chi connectivity index (χ0) is 30.5. The topological polar surface area (TPSA) is 42.2 Å². The first kappa shape index (κ1) is 26.2. The molecule has 0 spiro atoms. The molecule has 0 aliphatic heterocycles. The van der Waals surface area contributed by atoms with E-state index in [0.29, 0.717) is 5.82 Å².